The number of fused-ring (bicyclic) bond motifs is 2. The molecule has 0 radical (unpaired) electrons. The minimum absolute atomic E-state index is 0.150. The zero-order valence-corrected chi connectivity index (χ0v) is 14.9. The van der Waals surface area contributed by atoms with Gasteiger partial charge in [0.15, 0.2) is 0 Å². The zero-order chi connectivity index (χ0) is 19.1. The number of para-hydroxylation sites is 2. The number of anilines is 1. The van der Waals surface area contributed by atoms with E-state index in [1.54, 1.807) is 23.3 Å². The molecule has 2 N–H and O–H groups in total. The number of rotatable bonds is 3. The van der Waals surface area contributed by atoms with Gasteiger partial charge in [0.05, 0.1) is 23.9 Å². The third-order valence-corrected chi connectivity index (χ3v) is 5.01. The number of hydrogen-bond acceptors (Lipinski definition) is 4. The van der Waals surface area contributed by atoms with E-state index in [-0.39, 0.29) is 18.0 Å². The average molecular weight is 371 g/mol. The lowest BCUT2D eigenvalue weighted by Gasteiger charge is -2.37. The summed E-state index contributed by atoms with van der Waals surface area (Å²) < 4.78 is 5.45. The first-order valence-corrected chi connectivity index (χ1v) is 9.01. The fourth-order valence-electron chi connectivity index (χ4n) is 3.64. The second-order valence-corrected chi connectivity index (χ2v) is 6.75. The van der Waals surface area contributed by atoms with Gasteiger partial charge in [0.2, 0.25) is 0 Å². The Bertz CT molecular complexity index is 1230. The van der Waals surface area contributed by atoms with Crippen molar-refractivity contribution in [3.8, 4) is 0 Å². The summed E-state index contributed by atoms with van der Waals surface area (Å²) in [5.41, 5.74) is 2.29. The van der Waals surface area contributed by atoms with Crippen molar-refractivity contribution in [2.45, 2.75) is 12.7 Å². The molecule has 0 saturated heterocycles. The van der Waals surface area contributed by atoms with Crippen molar-refractivity contribution in [1.29, 1.82) is 0 Å². The zero-order valence-electron chi connectivity index (χ0n) is 14.9. The molecule has 0 fully saturated rings. The molecule has 138 valence electrons. The summed E-state index contributed by atoms with van der Waals surface area (Å²) in [6.45, 7) is 0.254. The first-order valence-electron chi connectivity index (χ1n) is 9.01. The monoisotopic (exact) mass is 371 g/mol. The fourth-order valence-corrected chi connectivity index (χ4v) is 3.64. The highest BCUT2D eigenvalue weighted by atomic mass is 16.3. The Hall–Kier alpha value is -3.80. The Labute approximate surface area is 160 Å². The topological polar surface area (TPSA) is 78.3 Å². The lowest BCUT2D eigenvalue weighted by atomic mass is 10.0. The van der Waals surface area contributed by atoms with E-state index in [1.807, 2.05) is 54.6 Å². The molecule has 2 aromatic carbocycles. The molecule has 28 heavy (non-hydrogen) atoms. The van der Waals surface area contributed by atoms with Gasteiger partial charge < -0.3 is 19.6 Å². The second-order valence-electron chi connectivity index (χ2n) is 6.75. The van der Waals surface area contributed by atoms with Crippen molar-refractivity contribution < 1.29 is 9.21 Å². The number of pyridine rings is 1. The highest BCUT2D eigenvalue weighted by Crippen LogP contribution is 2.33. The predicted octanol–water partition coefficient (Wildman–Crippen LogP) is 3.89. The number of benzene rings is 2. The quantitative estimate of drug-likeness (QED) is 0.573. The molecule has 6 nitrogen and oxygen atoms in total. The normalized spacial score (nSPS) is 16.1. The second kappa shape index (κ2) is 6.42. The Morgan fingerprint density at radius 2 is 1.79 bits per heavy atom. The summed E-state index contributed by atoms with van der Waals surface area (Å²) in [6, 6.07) is 20.3. The Balaban J connectivity index is 1.66. The standard InChI is InChI=1S/C22H17N3O3/c26-21-17(12-14-6-1-3-9-18(14)24-21)20-23-19-10-4-2-8-16(19)22(27)25(20)13-15-7-5-11-28-15/h1-12,20,23H,13H2,(H,24,26)/t20-/m1/s1. The van der Waals surface area contributed by atoms with Gasteiger partial charge in [-0.25, -0.2) is 0 Å². The van der Waals surface area contributed by atoms with Crippen LogP contribution in [0.1, 0.15) is 27.8 Å². The van der Waals surface area contributed by atoms with Crippen LogP contribution in [0.4, 0.5) is 5.69 Å². The molecule has 0 bridgehead atoms. The van der Waals surface area contributed by atoms with Crippen LogP contribution in [0.15, 0.2) is 82.2 Å². The van der Waals surface area contributed by atoms with Crippen LogP contribution in [0.3, 0.4) is 0 Å². The van der Waals surface area contributed by atoms with E-state index in [2.05, 4.69) is 10.3 Å². The maximum absolute atomic E-state index is 13.2. The van der Waals surface area contributed by atoms with Gasteiger partial charge in [0, 0.05) is 11.2 Å². The molecule has 3 heterocycles. The Kier molecular flexibility index (Phi) is 3.76. The lowest BCUT2D eigenvalue weighted by molar-refractivity contribution is 0.0650. The van der Waals surface area contributed by atoms with Crippen LogP contribution in [-0.2, 0) is 6.54 Å². The fraction of sp³-hybridized carbons (Fsp3) is 0.0909. The summed E-state index contributed by atoms with van der Waals surface area (Å²) in [5, 5.41) is 4.26. The largest absolute Gasteiger partial charge is 0.467 e. The number of hydrogen-bond donors (Lipinski definition) is 2. The van der Waals surface area contributed by atoms with Gasteiger partial charge in [-0.05, 0) is 41.8 Å². The first-order chi connectivity index (χ1) is 13.7. The first kappa shape index (κ1) is 16.4. The summed E-state index contributed by atoms with van der Waals surface area (Å²) in [7, 11) is 0. The molecule has 1 aliphatic heterocycles. The van der Waals surface area contributed by atoms with Crippen molar-refractivity contribution in [3.05, 3.63) is 100 Å². The van der Waals surface area contributed by atoms with Crippen molar-refractivity contribution in [1.82, 2.24) is 9.88 Å². The van der Waals surface area contributed by atoms with Crippen LogP contribution in [0.2, 0.25) is 0 Å². The molecule has 1 aliphatic rings. The molecule has 1 amide bonds. The van der Waals surface area contributed by atoms with Gasteiger partial charge in [0.25, 0.3) is 11.5 Å². The highest BCUT2D eigenvalue weighted by molar-refractivity contribution is 6.01. The molecule has 0 spiro atoms. The van der Waals surface area contributed by atoms with Crippen LogP contribution < -0.4 is 10.9 Å². The van der Waals surface area contributed by atoms with Crippen molar-refractivity contribution >= 4 is 22.5 Å². The number of furan rings is 1. The third-order valence-electron chi connectivity index (χ3n) is 5.01. The van der Waals surface area contributed by atoms with Crippen LogP contribution in [0, 0.1) is 0 Å². The molecule has 5 rings (SSSR count). The number of carbonyl (C=O) groups is 1. The Morgan fingerprint density at radius 1 is 0.964 bits per heavy atom. The number of nitrogens with one attached hydrogen (secondary N) is 2. The summed E-state index contributed by atoms with van der Waals surface area (Å²) in [5.74, 6) is 0.500. The number of aromatic nitrogens is 1. The van der Waals surface area contributed by atoms with E-state index >= 15 is 0 Å². The van der Waals surface area contributed by atoms with Gasteiger partial charge in [-0.15, -0.1) is 0 Å². The van der Waals surface area contributed by atoms with Gasteiger partial charge in [-0.3, -0.25) is 9.59 Å². The third kappa shape index (κ3) is 2.66. The minimum atomic E-state index is -0.610. The van der Waals surface area contributed by atoms with Gasteiger partial charge in [0.1, 0.15) is 11.9 Å². The molecule has 2 aromatic heterocycles. The van der Waals surface area contributed by atoms with Gasteiger partial charge >= 0.3 is 0 Å². The molecule has 1 atom stereocenters. The molecule has 0 unspecified atom stereocenters. The van der Waals surface area contributed by atoms with E-state index in [0.717, 1.165) is 10.9 Å². The summed E-state index contributed by atoms with van der Waals surface area (Å²) >= 11 is 0. The molecule has 6 heteroatoms. The number of nitrogens with zero attached hydrogens (tertiary/aromatic N) is 1. The molecule has 4 aromatic rings. The van der Waals surface area contributed by atoms with Crippen molar-refractivity contribution in [3.63, 3.8) is 0 Å². The van der Waals surface area contributed by atoms with Crippen LogP contribution in [0.5, 0.6) is 0 Å². The molecular formula is C22H17N3O3. The van der Waals surface area contributed by atoms with Crippen LogP contribution in [-0.4, -0.2) is 15.8 Å². The van der Waals surface area contributed by atoms with E-state index in [1.165, 1.54) is 0 Å². The summed E-state index contributed by atoms with van der Waals surface area (Å²) in [4.78, 5) is 30.6. The molecular weight excluding hydrogens is 354 g/mol. The highest BCUT2D eigenvalue weighted by Gasteiger charge is 2.34. The summed E-state index contributed by atoms with van der Waals surface area (Å²) in [6.07, 6.45) is 0.962. The van der Waals surface area contributed by atoms with Crippen molar-refractivity contribution in [2.75, 3.05) is 5.32 Å². The van der Waals surface area contributed by atoms with E-state index in [9.17, 15) is 9.59 Å². The maximum atomic E-state index is 13.2. The van der Waals surface area contributed by atoms with Crippen LogP contribution >= 0.6 is 0 Å². The number of aromatic amines is 1. The minimum Gasteiger partial charge on any atom is -0.467 e. The smallest absolute Gasteiger partial charge is 0.258 e. The van der Waals surface area contributed by atoms with Crippen molar-refractivity contribution in [2.24, 2.45) is 0 Å². The molecule has 0 aliphatic carbocycles. The SMILES string of the molecule is O=C1c2ccccc2N[C@@H](c2cc3ccccc3[nH]c2=O)N1Cc1ccco1. The number of amides is 1. The Morgan fingerprint density at radius 3 is 2.64 bits per heavy atom. The molecule has 0 saturated carbocycles. The lowest BCUT2D eigenvalue weighted by Crippen LogP contribution is -2.44. The average Bonchev–Trinajstić information content (AvgIpc) is 3.23. The maximum Gasteiger partial charge on any atom is 0.258 e. The predicted molar refractivity (Wildman–Crippen MR) is 106 cm³/mol. The van der Waals surface area contributed by atoms with E-state index < -0.39 is 6.17 Å². The number of H-pyrrole nitrogens is 1. The van der Waals surface area contributed by atoms with Crippen LogP contribution in [0.25, 0.3) is 10.9 Å². The van der Waals surface area contributed by atoms with Gasteiger partial charge in [-0.2, -0.15) is 0 Å². The van der Waals surface area contributed by atoms with Gasteiger partial charge in [-0.1, -0.05) is 30.3 Å². The van der Waals surface area contributed by atoms with E-state index in [4.69, 9.17) is 4.42 Å². The van der Waals surface area contributed by atoms with E-state index in [0.29, 0.717) is 22.6 Å². The number of carbonyl (C=O) groups excluding carboxylic acids is 1.